The summed E-state index contributed by atoms with van der Waals surface area (Å²) in [5, 5.41) is 18.3. The Hall–Kier alpha value is -1.87. The number of carboxylic acid groups (broad SMARTS) is 1. The Kier molecular flexibility index (Phi) is 16.6. The molecule has 0 aliphatic heterocycles. The lowest BCUT2D eigenvalue weighted by atomic mass is 10.0. The van der Waals surface area contributed by atoms with Crippen LogP contribution < -0.4 is 0 Å². The van der Waals surface area contributed by atoms with Crippen molar-refractivity contribution < 1.29 is 15.0 Å². The third-order valence-electron chi connectivity index (χ3n) is 3.86. The first kappa shape index (κ1) is 24.1. The molecular weight excluding hydrogens is 324 g/mol. The van der Waals surface area contributed by atoms with Crippen LogP contribution in [0.1, 0.15) is 65.2 Å². The van der Waals surface area contributed by atoms with Gasteiger partial charge in [-0.2, -0.15) is 0 Å². The van der Waals surface area contributed by atoms with Crippen LogP contribution in [0.4, 0.5) is 0 Å². The number of aliphatic hydroxyl groups is 1. The molecule has 26 heavy (non-hydrogen) atoms. The van der Waals surface area contributed by atoms with Gasteiger partial charge in [0.2, 0.25) is 0 Å². The molecule has 0 fully saturated rings. The molecule has 0 rings (SSSR count). The first-order chi connectivity index (χ1) is 12.6. The van der Waals surface area contributed by atoms with E-state index in [0.717, 1.165) is 6.42 Å². The van der Waals surface area contributed by atoms with Crippen LogP contribution in [-0.2, 0) is 4.79 Å². The summed E-state index contributed by atoms with van der Waals surface area (Å²) in [5.74, 6) is -0.216. The van der Waals surface area contributed by atoms with E-state index in [4.69, 9.17) is 5.11 Å². The van der Waals surface area contributed by atoms with Gasteiger partial charge < -0.3 is 10.2 Å². The second-order valence-electron chi connectivity index (χ2n) is 6.50. The van der Waals surface area contributed by atoms with Crippen molar-refractivity contribution >= 4 is 5.97 Å². The number of aliphatic hydroxyl groups excluding tert-OH is 1. The molecule has 0 heterocycles. The van der Waals surface area contributed by atoms with Crippen LogP contribution in [0.25, 0.3) is 0 Å². The average Bonchev–Trinajstić information content (AvgIpc) is 2.60. The van der Waals surface area contributed by atoms with E-state index in [0.29, 0.717) is 18.8 Å². The zero-order valence-corrected chi connectivity index (χ0v) is 16.4. The van der Waals surface area contributed by atoms with E-state index in [-0.39, 0.29) is 6.42 Å². The highest BCUT2D eigenvalue weighted by Crippen LogP contribution is 2.11. The van der Waals surface area contributed by atoms with Gasteiger partial charge in [-0.15, -0.1) is 0 Å². The second-order valence-corrected chi connectivity index (χ2v) is 6.50. The summed E-state index contributed by atoms with van der Waals surface area (Å²) < 4.78 is 0. The number of carboxylic acids is 1. The third kappa shape index (κ3) is 18.5. The molecule has 0 aromatic carbocycles. The van der Waals surface area contributed by atoms with Gasteiger partial charge in [0.1, 0.15) is 0 Å². The fourth-order valence-electron chi connectivity index (χ4n) is 2.32. The minimum atomic E-state index is -0.799. The van der Waals surface area contributed by atoms with Crippen molar-refractivity contribution in [1.82, 2.24) is 0 Å². The highest BCUT2D eigenvalue weighted by atomic mass is 16.4. The van der Waals surface area contributed by atoms with Crippen LogP contribution in [0.2, 0.25) is 0 Å². The van der Waals surface area contributed by atoms with Crippen LogP contribution in [0.3, 0.4) is 0 Å². The highest BCUT2D eigenvalue weighted by Gasteiger charge is 1.96. The molecule has 2 unspecified atom stereocenters. The van der Waals surface area contributed by atoms with Crippen molar-refractivity contribution in [2.24, 2.45) is 5.92 Å². The second kappa shape index (κ2) is 17.9. The molecule has 0 spiro atoms. The molecule has 0 aliphatic carbocycles. The molecule has 0 bridgehead atoms. The maximum absolute atomic E-state index is 10.4. The number of carbonyl (C=O) groups is 1. The van der Waals surface area contributed by atoms with Crippen molar-refractivity contribution in [1.29, 1.82) is 0 Å². The molecule has 0 radical (unpaired) electrons. The largest absolute Gasteiger partial charge is 0.481 e. The van der Waals surface area contributed by atoms with Crippen molar-refractivity contribution in [3.05, 3.63) is 60.8 Å². The van der Waals surface area contributed by atoms with Crippen molar-refractivity contribution in [2.45, 2.75) is 71.3 Å². The molecule has 0 saturated heterocycles. The van der Waals surface area contributed by atoms with Gasteiger partial charge in [0.25, 0.3) is 0 Å². The summed E-state index contributed by atoms with van der Waals surface area (Å²) in [6, 6.07) is 0. The normalized spacial score (nSPS) is 15.2. The zero-order valence-electron chi connectivity index (χ0n) is 16.4. The molecule has 0 aromatic heterocycles. The Bertz CT molecular complexity index is 484. The molecular formula is C23H36O3. The van der Waals surface area contributed by atoms with E-state index >= 15 is 0 Å². The minimum absolute atomic E-state index is 0.131. The lowest BCUT2D eigenvalue weighted by Crippen LogP contribution is -1.99. The van der Waals surface area contributed by atoms with Gasteiger partial charge in [-0.05, 0) is 44.4 Å². The van der Waals surface area contributed by atoms with E-state index in [1.807, 2.05) is 24.3 Å². The van der Waals surface area contributed by atoms with Crippen molar-refractivity contribution in [3.63, 3.8) is 0 Å². The Balaban J connectivity index is 3.81. The van der Waals surface area contributed by atoms with E-state index in [9.17, 15) is 9.90 Å². The van der Waals surface area contributed by atoms with Gasteiger partial charge in [0.05, 0.1) is 6.10 Å². The maximum Gasteiger partial charge on any atom is 0.303 e. The molecule has 146 valence electrons. The number of rotatable bonds is 15. The monoisotopic (exact) mass is 360 g/mol. The molecule has 2 N–H and O–H groups in total. The standard InChI is InChI=1S/C23H36O3/c1-3-4-5-6-7-11-16-21(2)17-12-8-9-13-18-22(24)19-14-10-15-20-23(25)26/h4-5,8-10,12-14,17-18,21-22,24H,3,6-7,11,15-16,19-20H2,1-2H3,(H,25,26). The van der Waals surface area contributed by atoms with Crippen LogP contribution in [-0.4, -0.2) is 22.3 Å². The lowest BCUT2D eigenvalue weighted by molar-refractivity contribution is -0.136. The number of allylic oxidation sites excluding steroid dienone is 8. The Morgan fingerprint density at radius 3 is 2.31 bits per heavy atom. The quantitative estimate of drug-likeness (QED) is 0.214. The van der Waals surface area contributed by atoms with Crippen LogP contribution in [0, 0.1) is 5.92 Å². The molecule has 3 nitrogen and oxygen atoms in total. The highest BCUT2D eigenvalue weighted by molar-refractivity contribution is 5.66. The first-order valence-corrected chi connectivity index (χ1v) is 9.77. The predicted octanol–water partition coefficient (Wildman–Crippen LogP) is 5.99. The summed E-state index contributed by atoms with van der Waals surface area (Å²) in [4.78, 5) is 10.4. The van der Waals surface area contributed by atoms with Crippen LogP contribution in [0.15, 0.2) is 60.8 Å². The van der Waals surface area contributed by atoms with Crippen molar-refractivity contribution in [3.8, 4) is 0 Å². The number of aliphatic carboxylic acids is 1. The van der Waals surface area contributed by atoms with E-state index in [2.05, 4.69) is 38.2 Å². The molecule has 0 amide bonds. The summed E-state index contributed by atoms with van der Waals surface area (Å²) in [7, 11) is 0. The summed E-state index contributed by atoms with van der Waals surface area (Å²) >= 11 is 0. The molecule has 2 atom stereocenters. The van der Waals surface area contributed by atoms with Gasteiger partial charge >= 0.3 is 5.97 Å². The van der Waals surface area contributed by atoms with Gasteiger partial charge in [-0.3, -0.25) is 4.79 Å². The van der Waals surface area contributed by atoms with Gasteiger partial charge in [0, 0.05) is 6.42 Å². The Labute approximate surface area is 159 Å². The summed E-state index contributed by atoms with van der Waals surface area (Å²) in [6.45, 7) is 4.40. The molecule has 0 aromatic rings. The van der Waals surface area contributed by atoms with Gasteiger partial charge in [-0.25, -0.2) is 0 Å². The summed E-state index contributed by atoms with van der Waals surface area (Å²) in [6.07, 6.45) is 26.5. The molecule has 0 aliphatic rings. The molecule has 0 saturated carbocycles. The minimum Gasteiger partial charge on any atom is -0.481 e. The Morgan fingerprint density at radius 1 is 0.923 bits per heavy atom. The SMILES string of the molecule is CCC=CCCCCC(C)C=CC=CC=CC(O)CC=CCCC(=O)O. The number of unbranched alkanes of at least 4 members (excludes halogenated alkanes) is 2. The third-order valence-corrected chi connectivity index (χ3v) is 3.86. The van der Waals surface area contributed by atoms with E-state index < -0.39 is 12.1 Å². The predicted molar refractivity (Wildman–Crippen MR) is 111 cm³/mol. The van der Waals surface area contributed by atoms with Gasteiger partial charge in [0.15, 0.2) is 0 Å². The Morgan fingerprint density at radius 2 is 1.62 bits per heavy atom. The van der Waals surface area contributed by atoms with E-state index in [1.54, 1.807) is 12.2 Å². The maximum atomic E-state index is 10.4. The lowest BCUT2D eigenvalue weighted by Gasteiger charge is -2.04. The zero-order chi connectivity index (χ0) is 19.5. The number of hydrogen-bond acceptors (Lipinski definition) is 2. The fourth-order valence-corrected chi connectivity index (χ4v) is 2.32. The van der Waals surface area contributed by atoms with Gasteiger partial charge in [-0.1, -0.05) is 81.0 Å². The van der Waals surface area contributed by atoms with Crippen LogP contribution in [0.5, 0.6) is 0 Å². The van der Waals surface area contributed by atoms with E-state index in [1.165, 1.54) is 25.7 Å². The smallest absolute Gasteiger partial charge is 0.303 e. The topological polar surface area (TPSA) is 57.5 Å². The average molecular weight is 361 g/mol. The first-order valence-electron chi connectivity index (χ1n) is 9.77. The van der Waals surface area contributed by atoms with Crippen LogP contribution >= 0.6 is 0 Å². The number of hydrogen-bond donors (Lipinski definition) is 2. The summed E-state index contributed by atoms with van der Waals surface area (Å²) in [5.41, 5.74) is 0. The molecule has 3 heteroatoms. The van der Waals surface area contributed by atoms with Crippen molar-refractivity contribution in [2.75, 3.05) is 0 Å². The fraction of sp³-hybridized carbons (Fsp3) is 0.522.